The molecule has 3 aliphatic rings. The highest BCUT2D eigenvalue weighted by Gasteiger charge is 2.49. The Bertz CT molecular complexity index is 112. The van der Waals surface area contributed by atoms with Gasteiger partial charge in [-0.1, -0.05) is 0 Å². The predicted molar refractivity (Wildman–Crippen MR) is 33.4 cm³/mol. The monoisotopic (exact) mass is 111 g/mol. The highest BCUT2D eigenvalue weighted by Crippen LogP contribution is 2.53. The Hall–Kier alpha value is -0.0400. The van der Waals surface area contributed by atoms with Crippen molar-refractivity contribution in [1.82, 2.24) is 0 Å². The van der Waals surface area contributed by atoms with Gasteiger partial charge in [-0.2, -0.15) is 0 Å². The Morgan fingerprint density at radius 1 is 1.50 bits per heavy atom. The van der Waals surface area contributed by atoms with Crippen LogP contribution in [0.5, 0.6) is 0 Å². The highest BCUT2D eigenvalue weighted by molar-refractivity contribution is 5.05. The molecule has 0 amide bonds. The molecule has 1 heteroatoms. The zero-order valence-corrected chi connectivity index (χ0v) is 5.35. The lowest BCUT2D eigenvalue weighted by molar-refractivity contribution is 0.262. The van der Waals surface area contributed by atoms with Gasteiger partial charge in [-0.3, -0.25) is 0 Å². The van der Waals surface area contributed by atoms with Gasteiger partial charge in [-0.05, 0) is 38.0 Å². The minimum absolute atomic E-state index is 0.227. The zero-order chi connectivity index (χ0) is 5.78. The molecule has 0 radical (unpaired) electrons. The summed E-state index contributed by atoms with van der Waals surface area (Å²) in [5.74, 6) is 1.89. The fraction of sp³-hybridized carbons (Fsp3) is 1.00. The summed E-state index contributed by atoms with van der Waals surface area (Å²) < 4.78 is 0. The van der Waals surface area contributed by atoms with Crippen LogP contribution in [0, 0.1) is 11.8 Å². The van der Waals surface area contributed by atoms with Crippen LogP contribution in [0.3, 0.4) is 0 Å². The topological polar surface area (TPSA) is 26.0 Å². The second-order valence-corrected chi connectivity index (χ2v) is 3.74. The van der Waals surface area contributed by atoms with Crippen molar-refractivity contribution in [2.75, 3.05) is 0 Å². The van der Waals surface area contributed by atoms with E-state index in [2.05, 4.69) is 6.92 Å². The third-order valence-corrected chi connectivity index (χ3v) is 2.90. The van der Waals surface area contributed by atoms with Crippen LogP contribution in [-0.4, -0.2) is 5.54 Å². The van der Waals surface area contributed by atoms with E-state index in [-0.39, 0.29) is 5.54 Å². The Kier molecular flexibility index (Phi) is 0.663. The van der Waals surface area contributed by atoms with Crippen molar-refractivity contribution in [3.05, 3.63) is 0 Å². The number of hydrogen-bond donors (Lipinski definition) is 1. The van der Waals surface area contributed by atoms with Crippen molar-refractivity contribution in [1.29, 1.82) is 0 Å². The molecule has 1 atom stereocenters. The minimum Gasteiger partial charge on any atom is -0.325 e. The maximum atomic E-state index is 5.96. The van der Waals surface area contributed by atoms with Gasteiger partial charge in [0, 0.05) is 5.54 Å². The van der Waals surface area contributed by atoms with Gasteiger partial charge >= 0.3 is 0 Å². The summed E-state index contributed by atoms with van der Waals surface area (Å²) in [4.78, 5) is 0. The van der Waals surface area contributed by atoms with Gasteiger partial charge in [0.25, 0.3) is 0 Å². The quantitative estimate of drug-likeness (QED) is 0.498. The summed E-state index contributed by atoms with van der Waals surface area (Å²) in [6.45, 7) is 2.20. The molecular formula is C7H13N. The lowest BCUT2D eigenvalue weighted by Crippen LogP contribution is -2.38. The lowest BCUT2D eigenvalue weighted by atomic mass is 9.81. The number of rotatable bonds is 0. The molecule has 46 valence electrons. The van der Waals surface area contributed by atoms with E-state index in [1.54, 1.807) is 0 Å². The molecule has 0 heterocycles. The summed E-state index contributed by atoms with van der Waals surface area (Å²) in [7, 11) is 0. The first-order valence-electron chi connectivity index (χ1n) is 3.47. The van der Waals surface area contributed by atoms with E-state index in [0.717, 1.165) is 11.8 Å². The summed E-state index contributed by atoms with van der Waals surface area (Å²) in [5, 5.41) is 0. The van der Waals surface area contributed by atoms with Crippen molar-refractivity contribution in [3.8, 4) is 0 Å². The molecule has 8 heavy (non-hydrogen) atoms. The number of fused-ring (bicyclic) bond motifs is 1. The fourth-order valence-electron chi connectivity index (χ4n) is 2.23. The van der Waals surface area contributed by atoms with E-state index >= 15 is 0 Å². The second-order valence-electron chi connectivity index (χ2n) is 3.74. The molecule has 0 spiro atoms. The number of nitrogens with two attached hydrogens (primary N) is 1. The molecule has 0 aromatic carbocycles. The smallest absolute Gasteiger partial charge is 0.0157 e. The predicted octanol–water partition coefficient (Wildman–Crippen LogP) is 1.13. The van der Waals surface area contributed by atoms with Crippen LogP contribution < -0.4 is 5.73 Å². The molecule has 0 aromatic rings. The molecule has 3 saturated carbocycles. The van der Waals surface area contributed by atoms with Gasteiger partial charge in [0.05, 0.1) is 0 Å². The number of hydrogen-bond acceptors (Lipinski definition) is 1. The van der Waals surface area contributed by atoms with Crippen molar-refractivity contribution < 1.29 is 0 Å². The third-order valence-electron chi connectivity index (χ3n) is 2.90. The zero-order valence-electron chi connectivity index (χ0n) is 5.35. The molecule has 1 nitrogen and oxygen atoms in total. The first-order valence-corrected chi connectivity index (χ1v) is 3.47. The molecular weight excluding hydrogens is 98.1 g/mol. The Labute approximate surface area is 50.3 Å². The van der Waals surface area contributed by atoms with Gasteiger partial charge in [0.15, 0.2) is 0 Å². The van der Waals surface area contributed by atoms with E-state index in [4.69, 9.17) is 5.73 Å². The van der Waals surface area contributed by atoms with Gasteiger partial charge < -0.3 is 5.73 Å². The minimum atomic E-state index is 0.227. The molecule has 2 N–H and O–H groups in total. The summed E-state index contributed by atoms with van der Waals surface area (Å²) in [5.41, 5.74) is 6.19. The van der Waals surface area contributed by atoms with E-state index in [0.29, 0.717) is 0 Å². The van der Waals surface area contributed by atoms with Crippen LogP contribution in [0.4, 0.5) is 0 Å². The molecule has 3 aliphatic carbocycles. The Morgan fingerprint density at radius 2 is 2.12 bits per heavy atom. The van der Waals surface area contributed by atoms with Crippen molar-refractivity contribution in [3.63, 3.8) is 0 Å². The first kappa shape index (κ1) is 4.80. The van der Waals surface area contributed by atoms with Crippen LogP contribution in [0.2, 0.25) is 0 Å². The van der Waals surface area contributed by atoms with Crippen molar-refractivity contribution in [2.24, 2.45) is 17.6 Å². The highest BCUT2D eigenvalue weighted by atomic mass is 14.8. The summed E-state index contributed by atoms with van der Waals surface area (Å²) >= 11 is 0. The second kappa shape index (κ2) is 1.10. The van der Waals surface area contributed by atoms with Gasteiger partial charge in [0.1, 0.15) is 0 Å². The molecule has 0 aromatic heterocycles. The van der Waals surface area contributed by atoms with E-state index in [9.17, 15) is 0 Å². The van der Waals surface area contributed by atoms with Crippen molar-refractivity contribution >= 4 is 0 Å². The van der Waals surface area contributed by atoms with Gasteiger partial charge in [-0.25, -0.2) is 0 Å². The van der Waals surface area contributed by atoms with E-state index < -0.39 is 0 Å². The average molecular weight is 111 g/mol. The molecule has 0 aliphatic heterocycles. The molecule has 0 saturated heterocycles. The standard InChI is InChI=1S/C7H13N/c1-7(8)4-5-2-6(7)3-5/h5-6H,2-4,8H2,1H3. The maximum absolute atomic E-state index is 5.96. The van der Waals surface area contributed by atoms with Gasteiger partial charge in [-0.15, -0.1) is 0 Å². The Morgan fingerprint density at radius 3 is 2.25 bits per heavy atom. The lowest BCUT2D eigenvalue weighted by Gasteiger charge is -2.28. The van der Waals surface area contributed by atoms with Crippen LogP contribution >= 0.6 is 0 Å². The largest absolute Gasteiger partial charge is 0.325 e. The third kappa shape index (κ3) is 0.408. The molecule has 3 rings (SSSR count). The average Bonchev–Trinajstić information content (AvgIpc) is 1.82. The van der Waals surface area contributed by atoms with Crippen LogP contribution in [0.1, 0.15) is 26.2 Å². The normalized spacial score (nSPS) is 60.8. The van der Waals surface area contributed by atoms with E-state index in [1.165, 1.54) is 19.3 Å². The molecule has 3 fully saturated rings. The summed E-state index contributed by atoms with van der Waals surface area (Å²) in [6.07, 6.45) is 4.14. The SMILES string of the molecule is CC1(N)CC2CC1C2. The molecule has 1 unspecified atom stereocenters. The maximum Gasteiger partial charge on any atom is 0.0157 e. The van der Waals surface area contributed by atoms with E-state index in [1.807, 2.05) is 0 Å². The van der Waals surface area contributed by atoms with Crippen LogP contribution in [0.15, 0.2) is 0 Å². The Balaban J connectivity index is 2.20. The van der Waals surface area contributed by atoms with Crippen LogP contribution in [0.25, 0.3) is 0 Å². The van der Waals surface area contributed by atoms with Gasteiger partial charge in [0.2, 0.25) is 0 Å². The van der Waals surface area contributed by atoms with Crippen molar-refractivity contribution in [2.45, 2.75) is 31.7 Å². The first-order chi connectivity index (χ1) is 3.68. The molecule has 2 bridgehead atoms. The fourth-order valence-corrected chi connectivity index (χ4v) is 2.23. The van der Waals surface area contributed by atoms with Crippen LogP contribution in [-0.2, 0) is 0 Å². The summed E-state index contributed by atoms with van der Waals surface area (Å²) in [6, 6.07) is 0.